The second-order valence-electron chi connectivity index (χ2n) is 5.62. The molecule has 0 aliphatic carbocycles. The van der Waals surface area contributed by atoms with Gasteiger partial charge in [-0.25, -0.2) is 0 Å². The van der Waals surface area contributed by atoms with E-state index < -0.39 is 0 Å². The van der Waals surface area contributed by atoms with Gasteiger partial charge in [0.2, 0.25) is 0 Å². The van der Waals surface area contributed by atoms with Crippen molar-refractivity contribution in [3.05, 3.63) is 107 Å². The van der Waals surface area contributed by atoms with Crippen molar-refractivity contribution in [2.24, 2.45) is 0 Å². The molecule has 118 valence electrons. The van der Waals surface area contributed by atoms with Crippen molar-refractivity contribution >= 4 is 28.0 Å². The molecule has 0 atom stereocenters. The molecule has 0 radical (unpaired) electrons. The van der Waals surface area contributed by atoms with Crippen LogP contribution in [0.5, 0.6) is 0 Å². The smallest absolute Gasteiger partial charge is 0.195 e. The number of Topliss-reactive ketones (excluding diaryl/α,β-unsaturated/α-hetero) is 1. The molecule has 0 saturated carbocycles. The molecule has 0 saturated heterocycles. The summed E-state index contributed by atoms with van der Waals surface area (Å²) in [4.78, 5) is 13.1. The van der Waals surface area contributed by atoms with Crippen molar-refractivity contribution in [2.45, 2.75) is 6.92 Å². The van der Waals surface area contributed by atoms with E-state index in [0.29, 0.717) is 16.2 Å². The maximum Gasteiger partial charge on any atom is 0.195 e. The molecule has 0 amide bonds. The lowest BCUT2D eigenvalue weighted by Gasteiger charge is -2.11. The van der Waals surface area contributed by atoms with E-state index in [1.54, 1.807) is 0 Å². The Morgan fingerprint density at radius 3 is 1.71 bits per heavy atom. The van der Waals surface area contributed by atoms with Crippen molar-refractivity contribution in [1.82, 2.24) is 0 Å². The highest BCUT2D eigenvalue weighted by atomic mass is 35.5. The average molecular weight is 333 g/mol. The molecule has 0 bridgehead atoms. The number of allylic oxidation sites excluding steroid dienone is 1. The van der Waals surface area contributed by atoms with Gasteiger partial charge in [-0.05, 0) is 18.1 Å². The Morgan fingerprint density at radius 1 is 0.667 bits per heavy atom. The van der Waals surface area contributed by atoms with E-state index in [1.165, 1.54) is 0 Å². The predicted molar refractivity (Wildman–Crippen MR) is 101 cm³/mol. The van der Waals surface area contributed by atoms with Gasteiger partial charge < -0.3 is 0 Å². The van der Waals surface area contributed by atoms with Crippen molar-refractivity contribution in [2.75, 3.05) is 0 Å². The molecule has 0 aromatic heterocycles. The molecule has 0 unspecified atom stereocenters. The van der Waals surface area contributed by atoms with Crippen LogP contribution in [0.3, 0.4) is 0 Å². The lowest BCUT2D eigenvalue weighted by atomic mass is 9.94. The van der Waals surface area contributed by atoms with Crippen LogP contribution in [-0.2, 0) is 0 Å². The van der Waals surface area contributed by atoms with Crippen LogP contribution in [-0.4, -0.2) is 5.78 Å². The minimum Gasteiger partial charge on any atom is -0.289 e. The first-order chi connectivity index (χ1) is 11.7. The van der Waals surface area contributed by atoms with E-state index >= 15 is 0 Å². The Morgan fingerprint density at radius 2 is 1.17 bits per heavy atom. The first-order valence-electron chi connectivity index (χ1n) is 7.79. The Kier molecular flexibility index (Phi) is 4.93. The van der Waals surface area contributed by atoms with Crippen LogP contribution in [0.2, 0.25) is 0 Å². The molecule has 2 heteroatoms. The molecule has 0 aliphatic rings. The molecule has 0 spiro atoms. The van der Waals surface area contributed by atoms with Crippen LogP contribution < -0.4 is 0 Å². The molecule has 3 aromatic carbocycles. The largest absolute Gasteiger partial charge is 0.289 e. The lowest BCUT2D eigenvalue weighted by Crippen LogP contribution is -2.04. The highest BCUT2D eigenvalue weighted by molar-refractivity contribution is 6.58. The van der Waals surface area contributed by atoms with Crippen LogP contribution in [0.4, 0.5) is 0 Å². The Labute approximate surface area is 147 Å². The summed E-state index contributed by atoms with van der Waals surface area (Å²) >= 11 is 6.66. The summed E-state index contributed by atoms with van der Waals surface area (Å²) in [6.45, 7) is 2.02. The second-order valence-corrected chi connectivity index (χ2v) is 5.99. The zero-order valence-electron chi connectivity index (χ0n) is 13.4. The minimum atomic E-state index is -0.0765. The fraction of sp³-hybridized carbons (Fsp3) is 0.0455. The molecular weight excluding hydrogens is 316 g/mol. The van der Waals surface area contributed by atoms with Crippen molar-refractivity contribution < 1.29 is 4.79 Å². The second kappa shape index (κ2) is 7.29. The summed E-state index contributed by atoms with van der Waals surface area (Å²) < 4.78 is 0. The van der Waals surface area contributed by atoms with E-state index in [-0.39, 0.29) is 5.78 Å². The van der Waals surface area contributed by atoms with Gasteiger partial charge in [-0.15, -0.1) is 0 Å². The summed E-state index contributed by atoms with van der Waals surface area (Å²) in [5, 5.41) is 0.468. The zero-order valence-corrected chi connectivity index (χ0v) is 14.1. The third-order valence-electron chi connectivity index (χ3n) is 3.85. The molecule has 1 nitrogen and oxygen atoms in total. The number of rotatable bonds is 4. The molecule has 0 N–H and O–H groups in total. The summed E-state index contributed by atoms with van der Waals surface area (Å²) in [6, 6.07) is 26.7. The number of carbonyl (C=O) groups is 1. The standard InChI is InChI=1S/C22H17ClO/c1-16-12-14-18(15-13-16)21(23)20(17-8-4-2-5-9-17)22(24)19-10-6-3-7-11-19/h2-15H,1H3/b21-20-. The fourth-order valence-electron chi connectivity index (χ4n) is 2.54. The van der Waals surface area contributed by atoms with Gasteiger partial charge in [0.15, 0.2) is 5.78 Å². The summed E-state index contributed by atoms with van der Waals surface area (Å²) in [5.74, 6) is -0.0765. The van der Waals surface area contributed by atoms with Gasteiger partial charge >= 0.3 is 0 Å². The third-order valence-corrected chi connectivity index (χ3v) is 4.26. The third kappa shape index (κ3) is 3.47. The van der Waals surface area contributed by atoms with Gasteiger partial charge in [-0.1, -0.05) is 102 Å². The summed E-state index contributed by atoms with van der Waals surface area (Å²) in [6.07, 6.45) is 0. The Hall–Kier alpha value is -2.64. The van der Waals surface area contributed by atoms with Crippen molar-refractivity contribution in [1.29, 1.82) is 0 Å². The van der Waals surface area contributed by atoms with Crippen LogP contribution in [0.15, 0.2) is 84.9 Å². The highest BCUT2D eigenvalue weighted by Gasteiger charge is 2.19. The van der Waals surface area contributed by atoms with Gasteiger partial charge in [-0.2, -0.15) is 0 Å². The Bertz CT molecular complexity index is 863. The van der Waals surface area contributed by atoms with Crippen molar-refractivity contribution in [3.8, 4) is 0 Å². The molecule has 0 fully saturated rings. The maximum atomic E-state index is 13.1. The van der Waals surface area contributed by atoms with Crippen molar-refractivity contribution in [3.63, 3.8) is 0 Å². The zero-order chi connectivity index (χ0) is 16.9. The predicted octanol–water partition coefficient (Wildman–Crippen LogP) is 5.99. The van der Waals surface area contributed by atoms with Gasteiger partial charge in [0.05, 0.1) is 5.03 Å². The van der Waals surface area contributed by atoms with Gasteiger partial charge in [0.1, 0.15) is 0 Å². The summed E-state index contributed by atoms with van der Waals surface area (Å²) in [7, 11) is 0. The van der Waals surface area contributed by atoms with Gasteiger partial charge in [0.25, 0.3) is 0 Å². The van der Waals surface area contributed by atoms with Gasteiger partial charge in [-0.3, -0.25) is 4.79 Å². The van der Waals surface area contributed by atoms with E-state index in [1.807, 2.05) is 91.9 Å². The van der Waals surface area contributed by atoms with Gasteiger partial charge in [0, 0.05) is 11.1 Å². The monoisotopic (exact) mass is 332 g/mol. The minimum absolute atomic E-state index is 0.0765. The average Bonchev–Trinajstić information content (AvgIpc) is 2.64. The molecule has 24 heavy (non-hydrogen) atoms. The maximum absolute atomic E-state index is 13.1. The molecule has 0 heterocycles. The van der Waals surface area contributed by atoms with E-state index in [4.69, 9.17) is 11.6 Å². The Balaban J connectivity index is 2.17. The number of benzene rings is 3. The van der Waals surface area contributed by atoms with Crippen LogP contribution >= 0.6 is 11.6 Å². The quantitative estimate of drug-likeness (QED) is 0.326. The summed E-state index contributed by atoms with van der Waals surface area (Å²) in [5.41, 5.74) is 3.95. The lowest BCUT2D eigenvalue weighted by molar-refractivity contribution is 0.105. The van der Waals surface area contributed by atoms with Crippen LogP contribution in [0, 0.1) is 6.92 Å². The number of hydrogen-bond acceptors (Lipinski definition) is 1. The normalized spacial score (nSPS) is 11.8. The number of ketones is 1. The number of hydrogen-bond donors (Lipinski definition) is 0. The molecule has 3 aromatic rings. The van der Waals surface area contributed by atoms with E-state index in [0.717, 1.165) is 16.7 Å². The number of aryl methyl sites for hydroxylation is 1. The number of carbonyl (C=O) groups excluding carboxylic acids is 1. The topological polar surface area (TPSA) is 17.1 Å². The van der Waals surface area contributed by atoms with E-state index in [9.17, 15) is 4.79 Å². The fourth-order valence-corrected chi connectivity index (χ4v) is 2.86. The van der Waals surface area contributed by atoms with Crippen LogP contribution in [0.1, 0.15) is 27.0 Å². The first-order valence-corrected chi connectivity index (χ1v) is 8.16. The first kappa shape index (κ1) is 16.2. The molecule has 3 rings (SSSR count). The SMILES string of the molecule is Cc1ccc(/C(Cl)=C(/C(=O)c2ccccc2)c2ccccc2)cc1. The van der Waals surface area contributed by atoms with E-state index in [2.05, 4.69) is 0 Å². The number of halogens is 1. The van der Waals surface area contributed by atoms with Crippen LogP contribution in [0.25, 0.3) is 10.6 Å². The molecule has 0 aliphatic heterocycles. The highest BCUT2D eigenvalue weighted by Crippen LogP contribution is 2.32. The molecular formula is C22H17ClO.